The molecule has 0 heterocycles. The molecule has 4 aromatic carbocycles. The predicted molar refractivity (Wildman–Crippen MR) is 259 cm³/mol. The second kappa shape index (κ2) is 22.6. The van der Waals surface area contributed by atoms with Crippen molar-refractivity contribution in [2.24, 2.45) is 0 Å². The summed E-state index contributed by atoms with van der Waals surface area (Å²) in [7, 11) is 12.6. The first-order valence-corrected chi connectivity index (χ1v) is 24.1. The summed E-state index contributed by atoms with van der Waals surface area (Å²) in [5, 5.41) is 6.80. The first-order valence-electron chi connectivity index (χ1n) is 21.6. The summed E-state index contributed by atoms with van der Waals surface area (Å²) >= 11 is 0. The summed E-state index contributed by atoms with van der Waals surface area (Å²) in [6.07, 6.45) is 4.02. The van der Waals surface area contributed by atoms with E-state index >= 15 is 0 Å². The van der Waals surface area contributed by atoms with E-state index in [1.807, 2.05) is 33.7 Å². The first kappa shape index (κ1) is 46.8. The minimum atomic E-state index is -0.196. The van der Waals surface area contributed by atoms with Gasteiger partial charge in [0.2, 0.25) is 0 Å². The predicted octanol–water partition coefficient (Wildman–Crippen LogP) is 6.59. The van der Waals surface area contributed by atoms with E-state index in [-0.39, 0.29) is 23.1 Å². The van der Waals surface area contributed by atoms with Gasteiger partial charge in [-0.15, -0.1) is 0 Å². The van der Waals surface area contributed by atoms with Gasteiger partial charge in [0.05, 0.1) is 22.3 Å². The van der Waals surface area contributed by atoms with Crippen LogP contribution in [0.4, 0.5) is 22.7 Å². The fraction of sp³-hybridized carbons (Fsp3) is 0.417. The van der Waals surface area contributed by atoms with Crippen LogP contribution in [0.25, 0.3) is 0 Å². The Bertz CT molecular complexity index is 2080. The molecule has 62 heavy (non-hydrogen) atoms. The summed E-state index contributed by atoms with van der Waals surface area (Å²) in [6, 6.07) is 20.9. The Balaban J connectivity index is 0.759. The number of nitrogens with two attached hydrogens (primary N) is 2. The molecule has 0 fully saturated rings. The van der Waals surface area contributed by atoms with Crippen molar-refractivity contribution >= 4 is 67.5 Å². The summed E-state index contributed by atoms with van der Waals surface area (Å²) < 4.78 is 0. The van der Waals surface area contributed by atoms with Gasteiger partial charge < -0.3 is 41.7 Å². The van der Waals surface area contributed by atoms with Gasteiger partial charge in [-0.2, -0.15) is 0 Å². The monoisotopic (exact) mass is 878 g/mol. The minimum Gasteiger partial charge on any atom is -0.398 e. The number of fused-ring (bicyclic) bond motifs is 4. The molecule has 6 rings (SSSR count). The van der Waals surface area contributed by atoms with Crippen molar-refractivity contribution in [1.82, 2.24) is 19.6 Å². The Hall–Kier alpha value is -4.70. The molecule has 0 saturated heterocycles. The van der Waals surface area contributed by atoms with Crippen LogP contribution in [-0.4, -0.2) is 148 Å². The van der Waals surface area contributed by atoms with E-state index in [2.05, 4.69) is 58.4 Å². The second-order valence-corrected chi connectivity index (χ2v) is 19.1. The third kappa shape index (κ3) is 11.7. The molecule has 0 amide bonds. The number of hydrogen-bond donors (Lipinski definition) is 4. The quantitative estimate of drug-likeness (QED) is 0.0277. The lowest BCUT2D eigenvalue weighted by atomic mass is 9.82. The van der Waals surface area contributed by atoms with Crippen LogP contribution in [0.1, 0.15) is 89.4 Å². The molecular formula is C48H62N8O4S2. The molecule has 14 heteroatoms. The average Bonchev–Trinajstić information content (AvgIpc) is 3.26. The Morgan fingerprint density at radius 3 is 1.08 bits per heavy atom. The largest absolute Gasteiger partial charge is 0.398 e. The molecule has 0 aliphatic heterocycles. The van der Waals surface area contributed by atoms with Crippen molar-refractivity contribution < 1.29 is 19.2 Å². The highest BCUT2D eigenvalue weighted by molar-refractivity contribution is 8.76. The van der Waals surface area contributed by atoms with Crippen molar-refractivity contribution in [2.75, 3.05) is 127 Å². The van der Waals surface area contributed by atoms with Crippen LogP contribution in [0, 0.1) is 0 Å². The molecule has 0 unspecified atom stereocenters. The van der Waals surface area contributed by atoms with Gasteiger partial charge in [0, 0.05) is 82.7 Å². The van der Waals surface area contributed by atoms with Crippen molar-refractivity contribution in [3.8, 4) is 0 Å². The van der Waals surface area contributed by atoms with Crippen LogP contribution >= 0.6 is 21.6 Å². The number of carbonyl (C=O) groups is 4. The fourth-order valence-electron chi connectivity index (χ4n) is 8.11. The van der Waals surface area contributed by atoms with E-state index in [0.29, 0.717) is 80.3 Å². The third-order valence-corrected chi connectivity index (χ3v) is 14.0. The molecule has 0 bridgehead atoms. The summed E-state index contributed by atoms with van der Waals surface area (Å²) in [4.78, 5) is 62.6. The van der Waals surface area contributed by atoms with E-state index in [4.69, 9.17) is 11.5 Å². The number of ketones is 4. The SMILES string of the molecule is CN(CCCNc1ccc(N)c2c1C(=O)c1ccccc1C2=O)CCCN(C)CCSSCCN(C)CCCN(C)CCCNc1ccc(N)c2c1C(=O)c1ccccc1C2=O. The van der Waals surface area contributed by atoms with E-state index in [1.54, 1.807) is 60.7 Å². The van der Waals surface area contributed by atoms with Crippen LogP contribution in [0.5, 0.6) is 0 Å². The summed E-state index contributed by atoms with van der Waals surface area (Å²) in [5.74, 6) is 1.49. The first-order chi connectivity index (χ1) is 30.0. The number of carbonyl (C=O) groups excluding carboxylic acids is 4. The minimum absolute atomic E-state index is 0.161. The summed E-state index contributed by atoms with van der Waals surface area (Å²) in [5.41, 5.74) is 17.4. The molecule has 0 aromatic heterocycles. The third-order valence-electron chi connectivity index (χ3n) is 11.6. The molecule has 330 valence electrons. The smallest absolute Gasteiger partial charge is 0.196 e. The average molecular weight is 879 g/mol. The maximum atomic E-state index is 13.4. The zero-order chi connectivity index (χ0) is 44.2. The van der Waals surface area contributed by atoms with E-state index in [9.17, 15) is 19.2 Å². The van der Waals surface area contributed by atoms with Crippen molar-refractivity contribution in [1.29, 1.82) is 0 Å². The fourth-order valence-corrected chi connectivity index (χ4v) is 10.3. The normalized spacial score (nSPS) is 13.2. The van der Waals surface area contributed by atoms with E-state index < -0.39 is 0 Å². The van der Waals surface area contributed by atoms with Gasteiger partial charge >= 0.3 is 0 Å². The van der Waals surface area contributed by atoms with Gasteiger partial charge in [0.25, 0.3) is 0 Å². The number of benzene rings is 4. The Kier molecular flexibility index (Phi) is 17.1. The highest BCUT2D eigenvalue weighted by Gasteiger charge is 2.34. The molecule has 4 aromatic rings. The van der Waals surface area contributed by atoms with Crippen LogP contribution in [0.15, 0.2) is 72.8 Å². The van der Waals surface area contributed by atoms with Crippen LogP contribution in [0.2, 0.25) is 0 Å². The topological polar surface area (TPSA) is 157 Å². The number of anilines is 4. The Morgan fingerprint density at radius 2 is 0.726 bits per heavy atom. The Morgan fingerprint density at radius 1 is 0.419 bits per heavy atom. The number of nitrogens with one attached hydrogen (secondary N) is 2. The van der Waals surface area contributed by atoms with Crippen molar-refractivity contribution in [3.05, 3.63) is 117 Å². The van der Waals surface area contributed by atoms with Gasteiger partial charge in [-0.25, -0.2) is 0 Å². The van der Waals surface area contributed by atoms with E-state index in [1.165, 1.54) is 0 Å². The van der Waals surface area contributed by atoms with Crippen molar-refractivity contribution in [2.45, 2.75) is 25.7 Å². The molecule has 0 spiro atoms. The molecule has 12 nitrogen and oxygen atoms in total. The lowest BCUT2D eigenvalue weighted by Crippen LogP contribution is -2.28. The lowest BCUT2D eigenvalue weighted by molar-refractivity contribution is 0.0980. The number of hydrogen-bond acceptors (Lipinski definition) is 14. The molecular weight excluding hydrogens is 817 g/mol. The van der Waals surface area contributed by atoms with Crippen LogP contribution in [0.3, 0.4) is 0 Å². The van der Waals surface area contributed by atoms with Gasteiger partial charge in [0.1, 0.15) is 0 Å². The van der Waals surface area contributed by atoms with Gasteiger partial charge in [0.15, 0.2) is 23.1 Å². The van der Waals surface area contributed by atoms with Crippen LogP contribution in [-0.2, 0) is 0 Å². The Labute approximate surface area is 374 Å². The number of rotatable bonds is 25. The molecule has 0 radical (unpaired) electrons. The van der Waals surface area contributed by atoms with Crippen molar-refractivity contribution in [3.63, 3.8) is 0 Å². The van der Waals surface area contributed by atoms with Gasteiger partial charge in [-0.3, -0.25) is 19.2 Å². The van der Waals surface area contributed by atoms with Crippen LogP contribution < -0.4 is 22.1 Å². The highest BCUT2D eigenvalue weighted by Crippen LogP contribution is 2.37. The second-order valence-electron chi connectivity index (χ2n) is 16.4. The number of nitrogen functional groups attached to an aromatic ring is 2. The highest BCUT2D eigenvalue weighted by atomic mass is 33.1. The molecule has 0 atom stereocenters. The molecule has 0 saturated carbocycles. The standard InChI is InChI=1S/C48H62N8O4S2/c1-53(23-9-21-51-39-19-17-37(49)41-43(39)47(59)35-15-7-5-13-33(35)45(41)57)25-11-27-55(3)29-31-61-62-32-30-56(4)28-12-26-54(2)24-10-22-52-40-20-18-38(50)42-44(40)48(60)36-16-8-6-14-34(36)46(42)58/h5-8,13-20,51-52H,9-12,21-32,49-50H2,1-4H3. The van der Waals surface area contributed by atoms with Gasteiger partial charge in [-0.05, 0) is 117 Å². The maximum absolute atomic E-state index is 13.4. The maximum Gasteiger partial charge on any atom is 0.196 e. The number of nitrogens with zero attached hydrogens (tertiary/aromatic N) is 4. The zero-order valence-corrected chi connectivity index (χ0v) is 38.3. The lowest BCUT2D eigenvalue weighted by Gasteiger charge is -2.23. The zero-order valence-electron chi connectivity index (χ0n) is 36.6. The molecule has 2 aliphatic rings. The molecule has 6 N–H and O–H groups in total. The van der Waals surface area contributed by atoms with E-state index in [0.717, 1.165) is 89.5 Å². The molecule has 2 aliphatic carbocycles. The van der Waals surface area contributed by atoms with Gasteiger partial charge in [-0.1, -0.05) is 70.1 Å². The summed E-state index contributed by atoms with van der Waals surface area (Å²) in [6.45, 7) is 9.51.